The fourth-order valence-corrected chi connectivity index (χ4v) is 3.83. The molecule has 0 saturated carbocycles. The van der Waals surface area contributed by atoms with Crippen molar-refractivity contribution in [3.05, 3.63) is 58.3 Å². The molecule has 2 aromatic heterocycles. The Morgan fingerprint density at radius 1 is 1.15 bits per heavy atom. The van der Waals surface area contributed by atoms with Crippen LogP contribution in [-0.2, 0) is 4.74 Å². The first-order chi connectivity index (χ1) is 13.2. The number of morpholine rings is 1. The molecule has 1 fully saturated rings. The summed E-state index contributed by atoms with van der Waals surface area (Å²) in [6.45, 7) is 5.28. The number of rotatable bonds is 3. The maximum atomic E-state index is 5.50. The van der Waals surface area contributed by atoms with Crippen LogP contribution in [-0.4, -0.2) is 51.7 Å². The van der Waals surface area contributed by atoms with Crippen molar-refractivity contribution in [2.45, 2.75) is 6.92 Å². The Morgan fingerprint density at radius 3 is 2.74 bits per heavy atom. The molecule has 6 nitrogen and oxygen atoms in total. The molecule has 0 radical (unpaired) electrons. The molecule has 1 saturated heterocycles. The fourth-order valence-electron chi connectivity index (χ4n) is 3.46. The lowest BCUT2D eigenvalue weighted by Crippen LogP contribution is -2.37. The van der Waals surface area contributed by atoms with Gasteiger partial charge in [0, 0.05) is 19.2 Å². The first-order valence-electron chi connectivity index (χ1n) is 8.98. The molecule has 0 N–H and O–H groups in total. The summed E-state index contributed by atoms with van der Waals surface area (Å²) in [4.78, 5) is 7.08. The van der Waals surface area contributed by atoms with Gasteiger partial charge in [-0.05, 0) is 33.4 Å². The van der Waals surface area contributed by atoms with E-state index in [4.69, 9.17) is 9.72 Å². The smallest absolute Gasteiger partial charge is 0.334 e. The van der Waals surface area contributed by atoms with Gasteiger partial charge in [0.25, 0.3) is 5.65 Å². The van der Waals surface area contributed by atoms with Crippen LogP contribution in [0.25, 0.3) is 11.2 Å². The monoisotopic (exact) mass is 424 g/mol. The minimum absolute atomic E-state index is 0.731. The standard InChI is InChI=1S/C20H19BrN5O/c1-14-3-2-4-15(9-14)16-12-25(13-16)18-11-20(24-5-7-27-8-6-24)26-19(22-18)10-17(21)23-26/h2-4,9-13H,5-8H2,1H3/q+1. The molecule has 3 aromatic rings. The first-order valence-corrected chi connectivity index (χ1v) is 9.78. The van der Waals surface area contributed by atoms with Crippen molar-refractivity contribution in [1.29, 1.82) is 0 Å². The average Bonchev–Trinajstić information content (AvgIpc) is 3.01. The highest BCUT2D eigenvalue weighted by atomic mass is 79.9. The summed E-state index contributed by atoms with van der Waals surface area (Å²) >= 11 is 3.47. The van der Waals surface area contributed by atoms with Crippen LogP contribution in [0, 0.1) is 6.92 Å². The zero-order valence-corrected chi connectivity index (χ0v) is 16.6. The lowest BCUT2D eigenvalue weighted by molar-refractivity contribution is -0.366. The van der Waals surface area contributed by atoms with Crippen LogP contribution in [0.3, 0.4) is 0 Å². The Labute approximate surface area is 165 Å². The van der Waals surface area contributed by atoms with Crippen molar-refractivity contribution in [3.63, 3.8) is 0 Å². The molecule has 4 heterocycles. The van der Waals surface area contributed by atoms with Crippen molar-refractivity contribution in [1.82, 2.24) is 14.6 Å². The second-order valence-electron chi connectivity index (χ2n) is 6.80. The van der Waals surface area contributed by atoms with Crippen molar-refractivity contribution in [3.8, 4) is 0 Å². The molecule has 0 aliphatic carbocycles. The summed E-state index contributed by atoms with van der Waals surface area (Å²) in [6, 6.07) is 12.6. The highest BCUT2D eigenvalue weighted by Crippen LogP contribution is 2.28. The van der Waals surface area contributed by atoms with Crippen LogP contribution in [0.15, 0.2) is 47.2 Å². The van der Waals surface area contributed by atoms with E-state index in [2.05, 4.69) is 80.2 Å². The topological polar surface area (TPSA) is 45.7 Å². The number of fused-ring (bicyclic) bond motifs is 1. The van der Waals surface area contributed by atoms with Gasteiger partial charge in [-0.3, -0.25) is 0 Å². The van der Waals surface area contributed by atoms with Crippen molar-refractivity contribution in [2.24, 2.45) is 0 Å². The number of anilines is 1. The molecule has 1 aromatic carbocycles. The van der Waals surface area contributed by atoms with Gasteiger partial charge in [0.05, 0.1) is 24.9 Å². The third-order valence-electron chi connectivity index (χ3n) is 4.87. The molecular weight excluding hydrogens is 406 g/mol. The van der Waals surface area contributed by atoms with Gasteiger partial charge in [-0.2, -0.15) is 9.61 Å². The summed E-state index contributed by atoms with van der Waals surface area (Å²) < 4.78 is 10.2. The van der Waals surface area contributed by atoms with Crippen LogP contribution in [0.2, 0.25) is 0 Å². The second kappa shape index (κ2) is 6.58. The minimum Gasteiger partial charge on any atom is -0.378 e. The third kappa shape index (κ3) is 3.07. The van der Waals surface area contributed by atoms with Gasteiger partial charge in [0.15, 0.2) is 0 Å². The Balaban J connectivity index is 1.52. The summed E-state index contributed by atoms with van der Waals surface area (Å²) in [7, 11) is 0. The predicted molar refractivity (Wildman–Crippen MR) is 109 cm³/mol. The van der Waals surface area contributed by atoms with Crippen molar-refractivity contribution < 1.29 is 9.31 Å². The molecule has 7 heteroatoms. The Morgan fingerprint density at radius 2 is 1.96 bits per heavy atom. The van der Waals surface area contributed by atoms with Crippen LogP contribution < -0.4 is 4.90 Å². The highest BCUT2D eigenvalue weighted by Gasteiger charge is 2.25. The first kappa shape index (κ1) is 16.6. The van der Waals surface area contributed by atoms with E-state index < -0.39 is 0 Å². The lowest BCUT2D eigenvalue weighted by Gasteiger charge is -2.28. The number of allylic oxidation sites excluding steroid dienone is 1. The lowest BCUT2D eigenvalue weighted by atomic mass is 10.0. The average molecular weight is 425 g/mol. The molecule has 0 spiro atoms. The van der Waals surface area contributed by atoms with E-state index in [-0.39, 0.29) is 0 Å². The quantitative estimate of drug-likeness (QED) is 0.604. The minimum atomic E-state index is 0.731. The molecule has 2 aliphatic heterocycles. The van der Waals surface area contributed by atoms with Gasteiger partial charge in [0.2, 0.25) is 0 Å². The molecule has 0 bridgehead atoms. The second-order valence-corrected chi connectivity index (χ2v) is 7.61. The summed E-state index contributed by atoms with van der Waals surface area (Å²) in [6.07, 6.45) is 4.25. The molecular formula is C20H19BrN5O+. The Bertz CT molecular complexity index is 1090. The van der Waals surface area contributed by atoms with Crippen LogP contribution >= 0.6 is 15.9 Å². The van der Waals surface area contributed by atoms with E-state index >= 15 is 0 Å². The predicted octanol–water partition coefficient (Wildman–Crippen LogP) is 3.41. The maximum absolute atomic E-state index is 5.50. The molecule has 2 aliphatic rings. The fraction of sp³-hybridized carbons (Fsp3) is 0.250. The van der Waals surface area contributed by atoms with E-state index in [1.165, 1.54) is 16.7 Å². The van der Waals surface area contributed by atoms with E-state index in [1.54, 1.807) is 0 Å². The summed E-state index contributed by atoms with van der Waals surface area (Å²) in [5.74, 6) is 1.93. The zero-order chi connectivity index (χ0) is 18.4. The molecule has 27 heavy (non-hydrogen) atoms. The van der Waals surface area contributed by atoms with Gasteiger partial charge in [0.1, 0.15) is 22.8 Å². The number of benzene rings is 1. The number of ether oxygens (including phenoxy) is 1. The number of nitrogens with zero attached hydrogens (tertiary/aromatic N) is 5. The SMILES string of the molecule is Cc1cccc(C2=C[N+](c3cc(N4CCOCC4)n4nc(Br)cc4n3)=C2)c1. The number of halogens is 1. The van der Waals surface area contributed by atoms with Crippen LogP contribution in [0.5, 0.6) is 0 Å². The van der Waals surface area contributed by atoms with E-state index in [9.17, 15) is 0 Å². The Kier molecular flexibility index (Phi) is 4.06. The zero-order valence-electron chi connectivity index (χ0n) is 15.0. The highest BCUT2D eigenvalue weighted by molar-refractivity contribution is 9.10. The van der Waals surface area contributed by atoms with Gasteiger partial charge in [-0.25, -0.2) is 4.58 Å². The Hall–Kier alpha value is -2.51. The van der Waals surface area contributed by atoms with Gasteiger partial charge >= 0.3 is 5.82 Å². The van der Waals surface area contributed by atoms with Gasteiger partial charge < -0.3 is 9.64 Å². The third-order valence-corrected chi connectivity index (χ3v) is 5.26. The number of aromatic nitrogens is 3. The largest absolute Gasteiger partial charge is 0.378 e. The summed E-state index contributed by atoms with van der Waals surface area (Å²) in [5, 5.41) is 4.55. The summed E-state index contributed by atoms with van der Waals surface area (Å²) in [5.41, 5.74) is 4.53. The molecule has 0 amide bonds. The van der Waals surface area contributed by atoms with Gasteiger partial charge in [-0.1, -0.05) is 29.8 Å². The molecule has 5 rings (SSSR count). The molecule has 0 atom stereocenters. The van der Waals surface area contributed by atoms with Gasteiger partial charge in [-0.15, -0.1) is 0 Å². The number of hydrogen-bond donors (Lipinski definition) is 0. The van der Waals surface area contributed by atoms with E-state index in [1.807, 2.05) is 10.6 Å². The van der Waals surface area contributed by atoms with E-state index in [0.29, 0.717) is 0 Å². The van der Waals surface area contributed by atoms with Crippen LogP contribution in [0.4, 0.5) is 11.6 Å². The van der Waals surface area contributed by atoms with E-state index in [0.717, 1.165) is 48.2 Å². The van der Waals surface area contributed by atoms with Crippen molar-refractivity contribution in [2.75, 3.05) is 31.2 Å². The normalized spacial score (nSPS) is 16.9. The molecule has 136 valence electrons. The molecule has 0 unspecified atom stereocenters. The maximum Gasteiger partial charge on any atom is 0.334 e. The number of aryl methyl sites for hydroxylation is 1. The van der Waals surface area contributed by atoms with Crippen molar-refractivity contribution >= 4 is 45.0 Å². The van der Waals surface area contributed by atoms with Crippen LogP contribution in [0.1, 0.15) is 11.1 Å². The number of hydrogen-bond acceptors (Lipinski definition) is 4.